The molecule has 1 amide bonds. The van der Waals surface area contributed by atoms with Crippen molar-refractivity contribution in [2.75, 3.05) is 13.1 Å². The zero-order valence-electron chi connectivity index (χ0n) is 12.7. The highest BCUT2D eigenvalue weighted by molar-refractivity contribution is 5.85. The van der Waals surface area contributed by atoms with Crippen molar-refractivity contribution in [2.24, 2.45) is 5.41 Å². The molecule has 0 aromatic heterocycles. The predicted octanol–water partition coefficient (Wildman–Crippen LogP) is 2.89. The Hall–Kier alpha value is -1.84. The van der Waals surface area contributed by atoms with E-state index in [1.54, 1.807) is 11.8 Å². The number of amides is 1. The Labute approximate surface area is 125 Å². The van der Waals surface area contributed by atoms with Gasteiger partial charge in [-0.05, 0) is 31.7 Å². The van der Waals surface area contributed by atoms with Gasteiger partial charge in [0, 0.05) is 13.1 Å². The predicted molar refractivity (Wildman–Crippen MR) is 81.0 cm³/mol. The Morgan fingerprint density at radius 3 is 2.57 bits per heavy atom. The van der Waals surface area contributed by atoms with E-state index >= 15 is 0 Å². The minimum atomic E-state index is -0.817. The molecule has 1 N–H and O–H groups in total. The van der Waals surface area contributed by atoms with Crippen LogP contribution in [0.25, 0.3) is 0 Å². The van der Waals surface area contributed by atoms with Crippen LogP contribution in [0.2, 0.25) is 0 Å². The molecule has 0 aliphatic carbocycles. The number of piperidine rings is 1. The number of carbonyl (C=O) groups excluding carboxylic acids is 1. The first-order valence-electron chi connectivity index (χ1n) is 7.55. The number of benzene rings is 1. The SMILES string of the molecule is CCC(C(=O)N1CCCC(C)(C(=O)O)C1)c1ccccc1. The van der Waals surface area contributed by atoms with Crippen molar-refractivity contribution >= 4 is 11.9 Å². The minimum absolute atomic E-state index is 0.0517. The molecular formula is C17H23NO3. The first-order chi connectivity index (χ1) is 9.98. The number of carboxylic acids is 1. The maximum absolute atomic E-state index is 12.8. The monoisotopic (exact) mass is 289 g/mol. The van der Waals surface area contributed by atoms with Crippen LogP contribution in [0.5, 0.6) is 0 Å². The minimum Gasteiger partial charge on any atom is -0.481 e. The summed E-state index contributed by atoms with van der Waals surface area (Å²) in [5.74, 6) is -0.939. The number of carboxylic acid groups (broad SMARTS) is 1. The molecule has 1 fully saturated rings. The molecule has 4 heteroatoms. The molecule has 2 unspecified atom stereocenters. The molecule has 1 aromatic carbocycles. The molecular weight excluding hydrogens is 266 g/mol. The molecule has 21 heavy (non-hydrogen) atoms. The number of hydrogen-bond donors (Lipinski definition) is 1. The van der Waals surface area contributed by atoms with Gasteiger partial charge in [0.25, 0.3) is 0 Å². The molecule has 0 spiro atoms. The molecule has 2 rings (SSSR count). The molecule has 1 aliphatic rings. The largest absolute Gasteiger partial charge is 0.481 e. The van der Waals surface area contributed by atoms with Crippen LogP contribution in [-0.4, -0.2) is 35.0 Å². The third-order valence-corrected chi connectivity index (χ3v) is 4.43. The number of nitrogens with zero attached hydrogens (tertiary/aromatic N) is 1. The summed E-state index contributed by atoms with van der Waals surface area (Å²) < 4.78 is 0. The lowest BCUT2D eigenvalue weighted by molar-refractivity contribution is -0.153. The molecule has 0 bridgehead atoms. The van der Waals surface area contributed by atoms with Crippen LogP contribution in [0.3, 0.4) is 0 Å². The number of carbonyl (C=O) groups is 2. The van der Waals surface area contributed by atoms with Crippen molar-refractivity contribution in [3.8, 4) is 0 Å². The summed E-state index contributed by atoms with van der Waals surface area (Å²) in [6.07, 6.45) is 2.11. The second kappa shape index (κ2) is 6.29. The quantitative estimate of drug-likeness (QED) is 0.927. The number of aliphatic carboxylic acids is 1. The van der Waals surface area contributed by atoms with Gasteiger partial charge in [0.2, 0.25) is 5.91 Å². The van der Waals surface area contributed by atoms with Gasteiger partial charge >= 0.3 is 5.97 Å². The maximum atomic E-state index is 12.8. The van der Waals surface area contributed by atoms with Gasteiger partial charge in [-0.25, -0.2) is 0 Å². The van der Waals surface area contributed by atoms with E-state index in [-0.39, 0.29) is 11.8 Å². The summed E-state index contributed by atoms with van der Waals surface area (Å²) in [6.45, 7) is 4.70. The molecule has 114 valence electrons. The van der Waals surface area contributed by atoms with Gasteiger partial charge in [-0.15, -0.1) is 0 Å². The van der Waals surface area contributed by atoms with Crippen LogP contribution in [0.4, 0.5) is 0 Å². The molecule has 1 saturated heterocycles. The molecule has 1 heterocycles. The van der Waals surface area contributed by atoms with Gasteiger partial charge in [-0.3, -0.25) is 9.59 Å². The van der Waals surface area contributed by atoms with E-state index in [2.05, 4.69) is 0 Å². The highest BCUT2D eigenvalue weighted by atomic mass is 16.4. The molecule has 1 aromatic rings. The molecule has 1 aliphatic heterocycles. The van der Waals surface area contributed by atoms with Crippen LogP contribution in [-0.2, 0) is 9.59 Å². The first kappa shape index (κ1) is 15.5. The first-order valence-corrected chi connectivity index (χ1v) is 7.55. The van der Waals surface area contributed by atoms with Crippen LogP contribution >= 0.6 is 0 Å². The van der Waals surface area contributed by atoms with Crippen molar-refractivity contribution in [1.82, 2.24) is 4.90 Å². The highest BCUT2D eigenvalue weighted by Gasteiger charge is 2.40. The van der Waals surface area contributed by atoms with Gasteiger partial charge in [0.15, 0.2) is 0 Å². The van der Waals surface area contributed by atoms with E-state index in [0.29, 0.717) is 19.5 Å². The fraction of sp³-hybridized carbons (Fsp3) is 0.529. The van der Waals surface area contributed by atoms with Gasteiger partial charge in [-0.2, -0.15) is 0 Å². The standard InChI is InChI=1S/C17H23NO3/c1-3-14(13-8-5-4-6-9-13)15(19)18-11-7-10-17(2,12-18)16(20)21/h4-6,8-9,14H,3,7,10-12H2,1-2H3,(H,20,21). The third-order valence-electron chi connectivity index (χ3n) is 4.43. The smallest absolute Gasteiger partial charge is 0.311 e. The molecule has 0 saturated carbocycles. The second-order valence-corrected chi connectivity index (χ2v) is 6.10. The van der Waals surface area contributed by atoms with Crippen molar-refractivity contribution in [3.05, 3.63) is 35.9 Å². The third kappa shape index (κ3) is 3.26. The van der Waals surface area contributed by atoms with Crippen molar-refractivity contribution in [2.45, 2.75) is 39.0 Å². The molecule has 2 atom stereocenters. The van der Waals surface area contributed by atoms with Crippen molar-refractivity contribution < 1.29 is 14.7 Å². The second-order valence-electron chi connectivity index (χ2n) is 6.10. The Balaban J connectivity index is 2.16. The number of hydrogen-bond acceptors (Lipinski definition) is 2. The zero-order chi connectivity index (χ0) is 15.5. The van der Waals surface area contributed by atoms with Crippen LogP contribution in [0, 0.1) is 5.41 Å². The average molecular weight is 289 g/mol. The number of rotatable bonds is 4. The van der Waals surface area contributed by atoms with E-state index < -0.39 is 11.4 Å². The average Bonchev–Trinajstić information content (AvgIpc) is 2.49. The van der Waals surface area contributed by atoms with E-state index in [4.69, 9.17) is 0 Å². The lowest BCUT2D eigenvalue weighted by atomic mass is 9.81. The fourth-order valence-corrected chi connectivity index (χ4v) is 3.06. The lowest BCUT2D eigenvalue weighted by Crippen LogP contribution is -2.49. The van der Waals surface area contributed by atoms with Crippen LogP contribution < -0.4 is 0 Å². The summed E-state index contributed by atoms with van der Waals surface area (Å²) in [4.78, 5) is 25.9. The summed E-state index contributed by atoms with van der Waals surface area (Å²) in [5, 5.41) is 9.37. The zero-order valence-corrected chi connectivity index (χ0v) is 12.7. The highest BCUT2D eigenvalue weighted by Crippen LogP contribution is 2.32. The summed E-state index contributed by atoms with van der Waals surface area (Å²) in [5.41, 5.74) is 0.190. The maximum Gasteiger partial charge on any atom is 0.311 e. The Bertz CT molecular complexity index is 514. The molecule has 0 radical (unpaired) electrons. The van der Waals surface area contributed by atoms with E-state index in [1.165, 1.54) is 0 Å². The van der Waals surface area contributed by atoms with Crippen molar-refractivity contribution in [3.63, 3.8) is 0 Å². The summed E-state index contributed by atoms with van der Waals surface area (Å²) >= 11 is 0. The Morgan fingerprint density at radius 2 is 2.00 bits per heavy atom. The summed E-state index contributed by atoms with van der Waals surface area (Å²) in [7, 11) is 0. The number of likely N-dealkylation sites (tertiary alicyclic amines) is 1. The topological polar surface area (TPSA) is 57.6 Å². The Kier molecular flexibility index (Phi) is 4.66. The van der Waals surface area contributed by atoms with Crippen molar-refractivity contribution in [1.29, 1.82) is 0 Å². The summed E-state index contributed by atoms with van der Waals surface area (Å²) in [6, 6.07) is 9.73. The molecule has 4 nitrogen and oxygen atoms in total. The van der Waals surface area contributed by atoms with Crippen LogP contribution in [0.15, 0.2) is 30.3 Å². The van der Waals surface area contributed by atoms with Crippen LogP contribution in [0.1, 0.15) is 44.6 Å². The normalized spacial score (nSPS) is 23.6. The van der Waals surface area contributed by atoms with E-state index in [0.717, 1.165) is 18.4 Å². The fourth-order valence-electron chi connectivity index (χ4n) is 3.06. The Morgan fingerprint density at radius 1 is 1.33 bits per heavy atom. The van der Waals surface area contributed by atoms with Gasteiger partial charge in [-0.1, -0.05) is 37.3 Å². The van der Waals surface area contributed by atoms with Gasteiger partial charge in [0.05, 0.1) is 11.3 Å². The van der Waals surface area contributed by atoms with E-state index in [9.17, 15) is 14.7 Å². The lowest BCUT2D eigenvalue weighted by Gasteiger charge is -2.39. The van der Waals surface area contributed by atoms with Gasteiger partial charge in [0.1, 0.15) is 0 Å². The van der Waals surface area contributed by atoms with E-state index in [1.807, 2.05) is 37.3 Å². The van der Waals surface area contributed by atoms with Gasteiger partial charge < -0.3 is 10.0 Å².